The van der Waals surface area contributed by atoms with E-state index in [-0.39, 0.29) is 6.04 Å². The van der Waals surface area contributed by atoms with Gasteiger partial charge in [-0.1, -0.05) is 89.9 Å². The van der Waals surface area contributed by atoms with Crippen LogP contribution >= 0.6 is 23.2 Å². The second kappa shape index (κ2) is 8.18. The molecule has 0 fully saturated rings. The van der Waals surface area contributed by atoms with Crippen molar-refractivity contribution >= 4 is 23.2 Å². The van der Waals surface area contributed by atoms with Crippen molar-refractivity contribution in [2.24, 2.45) is 0 Å². The zero-order chi connectivity index (χ0) is 17.6. The number of nitrogens with one attached hydrogen (secondary N) is 1. The Labute approximate surface area is 157 Å². The van der Waals surface area contributed by atoms with Crippen molar-refractivity contribution in [3.8, 4) is 6.07 Å². The molecule has 3 aromatic carbocycles. The summed E-state index contributed by atoms with van der Waals surface area (Å²) in [6.45, 7) is 0. The lowest BCUT2D eigenvalue weighted by Gasteiger charge is -2.24. The third-order valence-electron chi connectivity index (χ3n) is 4.00. The zero-order valence-electron chi connectivity index (χ0n) is 13.4. The first-order valence-electron chi connectivity index (χ1n) is 7.89. The number of rotatable bonds is 5. The van der Waals surface area contributed by atoms with Crippen LogP contribution < -0.4 is 5.32 Å². The van der Waals surface area contributed by atoms with Gasteiger partial charge in [-0.05, 0) is 23.3 Å². The van der Waals surface area contributed by atoms with Crippen molar-refractivity contribution in [3.63, 3.8) is 0 Å². The van der Waals surface area contributed by atoms with Gasteiger partial charge >= 0.3 is 0 Å². The summed E-state index contributed by atoms with van der Waals surface area (Å²) in [7, 11) is 0. The number of halogens is 2. The molecule has 3 aromatic rings. The first kappa shape index (κ1) is 17.5. The minimum atomic E-state index is -0.560. The molecule has 0 aromatic heterocycles. The Kier molecular flexibility index (Phi) is 5.73. The number of hydrogen-bond acceptors (Lipinski definition) is 2. The van der Waals surface area contributed by atoms with Gasteiger partial charge in [-0.25, -0.2) is 0 Å². The lowest BCUT2D eigenvalue weighted by molar-refractivity contribution is 0.559. The normalized spacial score (nSPS) is 11.9. The Morgan fingerprint density at radius 2 is 1.36 bits per heavy atom. The van der Waals surface area contributed by atoms with Crippen LogP contribution in [-0.4, -0.2) is 0 Å². The number of hydrogen-bond donors (Lipinski definition) is 1. The first-order valence-corrected chi connectivity index (χ1v) is 8.65. The molecule has 0 unspecified atom stereocenters. The van der Waals surface area contributed by atoms with Crippen LogP contribution in [0.5, 0.6) is 0 Å². The minimum Gasteiger partial charge on any atom is -0.287 e. The van der Waals surface area contributed by atoms with Gasteiger partial charge in [-0.3, -0.25) is 5.32 Å². The summed E-state index contributed by atoms with van der Waals surface area (Å²) in [5.41, 5.74) is 2.88. The van der Waals surface area contributed by atoms with Crippen LogP contribution in [0.15, 0.2) is 78.9 Å². The summed E-state index contributed by atoms with van der Waals surface area (Å²) in [6.07, 6.45) is 0. The van der Waals surface area contributed by atoms with Gasteiger partial charge in [-0.15, -0.1) is 0 Å². The molecule has 0 spiro atoms. The molecule has 0 bridgehead atoms. The predicted molar refractivity (Wildman–Crippen MR) is 103 cm³/mol. The molecule has 2 nitrogen and oxygen atoms in total. The smallest absolute Gasteiger partial charge is 0.123 e. The maximum absolute atomic E-state index is 9.71. The fourth-order valence-corrected chi connectivity index (χ4v) is 3.29. The molecular formula is C21H16Cl2N2. The van der Waals surface area contributed by atoms with Gasteiger partial charge in [0.15, 0.2) is 0 Å². The average Bonchev–Trinajstić information content (AvgIpc) is 2.65. The number of nitrogens with zero attached hydrogens (tertiary/aromatic N) is 1. The number of benzene rings is 3. The molecule has 124 valence electrons. The summed E-state index contributed by atoms with van der Waals surface area (Å²) in [6, 6.07) is 26.9. The van der Waals surface area contributed by atoms with E-state index in [9.17, 15) is 5.26 Å². The molecule has 25 heavy (non-hydrogen) atoms. The molecule has 0 aliphatic rings. The van der Waals surface area contributed by atoms with E-state index in [0.717, 1.165) is 11.1 Å². The van der Waals surface area contributed by atoms with Gasteiger partial charge in [0.2, 0.25) is 0 Å². The van der Waals surface area contributed by atoms with E-state index in [1.165, 1.54) is 0 Å². The van der Waals surface area contributed by atoms with Crippen LogP contribution in [0, 0.1) is 11.3 Å². The van der Waals surface area contributed by atoms with E-state index < -0.39 is 6.04 Å². The maximum Gasteiger partial charge on any atom is 0.123 e. The van der Waals surface area contributed by atoms with E-state index in [2.05, 4.69) is 11.4 Å². The molecule has 0 saturated carbocycles. The van der Waals surface area contributed by atoms with Crippen molar-refractivity contribution in [1.82, 2.24) is 5.32 Å². The van der Waals surface area contributed by atoms with Crippen molar-refractivity contribution in [3.05, 3.63) is 106 Å². The van der Waals surface area contributed by atoms with Gasteiger partial charge in [0, 0.05) is 15.6 Å². The minimum absolute atomic E-state index is 0.126. The van der Waals surface area contributed by atoms with E-state index in [0.29, 0.717) is 15.6 Å². The molecule has 0 heterocycles. The van der Waals surface area contributed by atoms with Crippen LogP contribution in [0.25, 0.3) is 0 Å². The lowest BCUT2D eigenvalue weighted by Crippen LogP contribution is -2.26. The lowest BCUT2D eigenvalue weighted by atomic mass is 9.96. The Morgan fingerprint density at radius 1 is 0.800 bits per heavy atom. The molecule has 1 atom stereocenters. The fourth-order valence-electron chi connectivity index (χ4n) is 2.77. The van der Waals surface area contributed by atoms with Crippen LogP contribution in [0.3, 0.4) is 0 Å². The quantitative estimate of drug-likeness (QED) is 0.606. The predicted octanol–water partition coefficient (Wildman–Crippen LogP) is 5.94. The van der Waals surface area contributed by atoms with Crippen molar-refractivity contribution in [2.45, 2.75) is 12.1 Å². The Hall–Kier alpha value is -2.31. The van der Waals surface area contributed by atoms with Crippen LogP contribution in [0.2, 0.25) is 10.0 Å². The standard InChI is InChI=1S/C21H16Cl2N2/c22-17-11-12-18(19(23)13-17)20(14-24)25-21(15-7-3-1-4-8-15)16-9-5-2-6-10-16/h1-13,20-21,25H/t20-/m1/s1. The van der Waals surface area contributed by atoms with Crippen molar-refractivity contribution in [2.75, 3.05) is 0 Å². The largest absolute Gasteiger partial charge is 0.287 e. The monoisotopic (exact) mass is 366 g/mol. The summed E-state index contributed by atoms with van der Waals surface area (Å²) < 4.78 is 0. The highest BCUT2D eigenvalue weighted by Crippen LogP contribution is 2.30. The molecule has 0 radical (unpaired) electrons. The highest BCUT2D eigenvalue weighted by Gasteiger charge is 2.21. The van der Waals surface area contributed by atoms with E-state index in [1.54, 1.807) is 18.2 Å². The van der Waals surface area contributed by atoms with Crippen molar-refractivity contribution in [1.29, 1.82) is 5.26 Å². The SMILES string of the molecule is N#C[C@@H](NC(c1ccccc1)c1ccccc1)c1ccc(Cl)cc1Cl. The molecule has 0 amide bonds. The molecule has 4 heteroatoms. The van der Waals surface area contributed by atoms with Gasteiger partial charge < -0.3 is 0 Å². The Bertz CT molecular complexity index is 834. The van der Waals surface area contributed by atoms with Gasteiger partial charge in [-0.2, -0.15) is 5.26 Å². The average molecular weight is 367 g/mol. The molecule has 3 rings (SSSR count). The van der Waals surface area contributed by atoms with Gasteiger partial charge in [0.1, 0.15) is 6.04 Å². The summed E-state index contributed by atoms with van der Waals surface area (Å²) >= 11 is 12.3. The van der Waals surface area contributed by atoms with Crippen molar-refractivity contribution < 1.29 is 0 Å². The Morgan fingerprint density at radius 3 is 1.84 bits per heavy atom. The maximum atomic E-state index is 9.71. The summed E-state index contributed by atoms with van der Waals surface area (Å²) in [5, 5.41) is 14.2. The third-order valence-corrected chi connectivity index (χ3v) is 4.56. The van der Waals surface area contributed by atoms with E-state index in [4.69, 9.17) is 23.2 Å². The van der Waals surface area contributed by atoms with Gasteiger partial charge in [0.05, 0.1) is 12.1 Å². The van der Waals surface area contributed by atoms with Crippen LogP contribution in [0.1, 0.15) is 28.8 Å². The molecular weight excluding hydrogens is 351 g/mol. The Balaban J connectivity index is 1.98. The second-order valence-electron chi connectivity index (χ2n) is 5.65. The summed E-state index contributed by atoms with van der Waals surface area (Å²) in [4.78, 5) is 0. The molecule has 0 aliphatic heterocycles. The molecule has 0 saturated heterocycles. The topological polar surface area (TPSA) is 35.8 Å². The first-order chi connectivity index (χ1) is 12.2. The van der Waals surface area contributed by atoms with Crippen LogP contribution in [-0.2, 0) is 0 Å². The van der Waals surface area contributed by atoms with E-state index >= 15 is 0 Å². The second-order valence-corrected chi connectivity index (χ2v) is 6.49. The number of nitriles is 1. The molecule has 1 N–H and O–H groups in total. The van der Waals surface area contributed by atoms with Gasteiger partial charge in [0.25, 0.3) is 0 Å². The molecule has 0 aliphatic carbocycles. The third kappa shape index (κ3) is 4.21. The zero-order valence-corrected chi connectivity index (χ0v) is 14.9. The van der Waals surface area contributed by atoms with E-state index in [1.807, 2.05) is 60.7 Å². The highest BCUT2D eigenvalue weighted by molar-refractivity contribution is 6.35. The fraction of sp³-hybridized carbons (Fsp3) is 0.0952. The van der Waals surface area contributed by atoms with Crippen LogP contribution in [0.4, 0.5) is 0 Å². The summed E-state index contributed by atoms with van der Waals surface area (Å²) in [5.74, 6) is 0. The highest BCUT2D eigenvalue weighted by atomic mass is 35.5.